The number of anilines is 2. The molecule has 0 aliphatic rings. The first kappa shape index (κ1) is 14.0. The lowest BCUT2D eigenvalue weighted by Gasteiger charge is -2.09. The van der Waals surface area contributed by atoms with Gasteiger partial charge in [0, 0.05) is 24.2 Å². The molecule has 0 bridgehead atoms. The monoisotopic (exact) mass is 310 g/mol. The second-order valence-electron chi connectivity index (χ2n) is 4.61. The Morgan fingerprint density at radius 1 is 1.32 bits per heavy atom. The minimum Gasteiger partial charge on any atom is -0.323 e. The highest BCUT2D eigenvalue weighted by Gasteiger charge is 2.14. The largest absolute Gasteiger partial charge is 0.323 e. The van der Waals surface area contributed by atoms with Gasteiger partial charge in [0.2, 0.25) is 5.69 Å². The maximum absolute atomic E-state index is 7.31. The van der Waals surface area contributed by atoms with Gasteiger partial charge in [-0.1, -0.05) is 17.7 Å². The Morgan fingerprint density at radius 3 is 2.82 bits per heavy atom. The molecule has 3 aromatic rings. The van der Waals surface area contributed by atoms with Crippen molar-refractivity contribution in [1.29, 1.82) is 0 Å². The van der Waals surface area contributed by atoms with Gasteiger partial charge in [-0.05, 0) is 30.2 Å². The van der Waals surface area contributed by atoms with Crippen molar-refractivity contribution in [2.45, 2.75) is 6.92 Å². The van der Waals surface area contributed by atoms with Crippen LogP contribution in [0.5, 0.6) is 0 Å². The summed E-state index contributed by atoms with van der Waals surface area (Å²) in [4.78, 5) is 11.8. The van der Waals surface area contributed by atoms with E-state index in [1.807, 2.05) is 25.1 Å². The van der Waals surface area contributed by atoms with E-state index in [9.17, 15) is 0 Å². The third kappa shape index (κ3) is 2.75. The van der Waals surface area contributed by atoms with Crippen LogP contribution in [0.1, 0.15) is 5.69 Å². The minimum absolute atomic E-state index is 0.145. The Hall–Kier alpha value is -2.91. The van der Waals surface area contributed by atoms with Crippen LogP contribution in [-0.4, -0.2) is 20.2 Å². The van der Waals surface area contributed by atoms with Gasteiger partial charge in [0.25, 0.3) is 0 Å². The number of aromatic nitrogens is 4. The maximum Gasteiger partial charge on any atom is 0.231 e. The second-order valence-corrected chi connectivity index (χ2v) is 4.97. The van der Waals surface area contributed by atoms with Crippen LogP contribution in [0.25, 0.3) is 16.0 Å². The highest BCUT2D eigenvalue weighted by atomic mass is 35.5. The Labute approximate surface area is 132 Å². The van der Waals surface area contributed by atoms with Gasteiger partial charge < -0.3 is 5.32 Å². The highest BCUT2D eigenvalue weighted by Crippen LogP contribution is 2.37. The maximum atomic E-state index is 7.31. The van der Waals surface area contributed by atoms with E-state index in [1.165, 1.54) is 0 Å². The Balaban J connectivity index is 2.07. The van der Waals surface area contributed by atoms with E-state index in [4.69, 9.17) is 18.2 Å². The second kappa shape index (κ2) is 5.84. The zero-order valence-corrected chi connectivity index (χ0v) is 12.4. The van der Waals surface area contributed by atoms with Gasteiger partial charge in [0.15, 0.2) is 5.82 Å². The fraction of sp³-hybridized carbons (Fsp3) is 0.0667. The first-order chi connectivity index (χ1) is 10.7. The van der Waals surface area contributed by atoms with Crippen molar-refractivity contribution in [2.24, 2.45) is 0 Å². The average molecular weight is 311 g/mol. The van der Waals surface area contributed by atoms with E-state index in [-0.39, 0.29) is 5.15 Å². The van der Waals surface area contributed by atoms with Crippen LogP contribution in [0.2, 0.25) is 5.15 Å². The van der Waals surface area contributed by atoms with Crippen LogP contribution in [0.4, 0.5) is 17.3 Å². The third-order valence-electron chi connectivity index (χ3n) is 3.00. The van der Waals surface area contributed by atoms with Crippen molar-refractivity contribution in [3.8, 4) is 11.1 Å². The van der Waals surface area contributed by atoms with E-state index < -0.39 is 0 Å². The van der Waals surface area contributed by atoms with Crippen LogP contribution < -0.4 is 5.32 Å². The third-order valence-corrected chi connectivity index (χ3v) is 3.26. The van der Waals surface area contributed by atoms with Gasteiger partial charge in [-0.25, -0.2) is 9.83 Å². The molecule has 0 amide bonds. The molecule has 2 N–H and O–H groups in total. The van der Waals surface area contributed by atoms with Crippen molar-refractivity contribution in [3.63, 3.8) is 0 Å². The molecule has 108 valence electrons. The van der Waals surface area contributed by atoms with Crippen LogP contribution in [-0.2, 0) is 0 Å². The summed E-state index contributed by atoms with van der Waals surface area (Å²) in [6.45, 7) is 9.22. The van der Waals surface area contributed by atoms with Crippen molar-refractivity contribution in [3.05, 3.63) is 58.9 Å². The summed E-state index contributed by atoms with van der Waals surface area (Å²) in [6, 6.07) is 7.29. The molecular weight excluding hydrogens is 300 g/mol. The van der Waals surface area contributed by atoms with Gasteiger partial charge in [-0.15, -0.1) is 0 Å². The predicted octanol–water partition coefficient (Wildman–Crippen LogP) is 4.12. The standard InChI is InChI=1S/C15H11ClN6/c1-9-6-13(22-21-9)19-12-7-11(10-4-3-5-18-8-10)14(17-2)15(16)20-12/h3-8H,1H3,(H2,19,20,21,22). The van der Waals surface area contributed by atoms with Crippen LogP contribution in [0.15, 0.2) is 36.7 Å². The van der Waals surface area contributed by atoms with Gasteiger partial charge in [0.1, 0.15) is 11.0 Å². The molecule has 3 heterocycles. The number of rotatable bonds is 3. The number of hydrogen-bond donors (Lipinski definition) is 2. The summed E-state index contributed by atoms with van der Waals surface area (Å²) in [5, 5.41) is 10.1. The zero-order valence-electron chi connectivity index (χ0n) is 11.6. The number of hydrogen-bond acceptors (Lipinski definition) is 4. The number of aromatic amines is 1. The van der Waals surface area contributed by atoms with Gasteiger partial charge >= 0.3 is 0 Å². The molecule has 0 radical (unpaired) electrons. The van der Waals surface area contributed by atoms with Crippen molar-refractivity contribution < 1.29 is 0 Å². The van der Waals surface area contributed by atoms with Gasteiger partial charge in [-0.2, -0.15) is 5.10 Å². The summed E-state index contributed by atoms with van der Waals surface area (Å²) in [6.07, 6.45) is 3.36. The minimum atomic E-state index is 0.145. The molecule has 22 heavy (non-hydrogen) atoms. The molecule has 0 saturated heterocycles. The van der Waals surface area contributed by atoms with Gasteiger partial charge in [0.05, 0.1) is 6.57 Å². The van der Waals surface area contributed by atoms with Crippen molar-refractivity contribution >= 4 is 28.9 Å². The molecule has 0 saturated carbocycles. The van der Waals surface area contributed by atoms with E-state index in [0.29, 0.717) is 22.9 Å². The number of nitrogens with zero attached hydrogens (tertiary/aromatic N) is 4. The molecule has 0 aliphatic carbocycles. The molecule has 6 nitrogen and oxygen atoms in total. The smallest absolute Gasteiger partial charge is 0.231 e. The van der Waals surface area contributed by atoms with Gasteiger partial charge in [-0.3, -0.25) is 10.1 Å². The predicted molar refractivity (Wildman–Crippen MR) is 85.3 cm³/mol. The van der Waals surface area contributed by atoms with Crippen LogP contribution >= 0.6 is 11.6 Å². The number of aryl methyl sites for hydroxylation is 1. The van der Waals surface area contributed by atoms with Crippen molar-refractivity contribution in [1.82, 2.24) is 20.2 Å². The summed E-state index contributed by atoms with van der Waals surface area (Å²) in [5.41, 5.74) is 2.72. The Morgan fingerprint density at radius 2 is 2.18 bits per heavy atom. The van der Waals surface area contributed by atoms with Crippen LogP contribution in [0, 0.1) is 13.5 Å². The first-order valence-electron chi connectivity index (χ1n) is 6.45. The summed E-state index contributed by atoms with van der Waals surface area (Å²) in [5.74, 6) is 1.15. The molecule has 0 atom stereocenters. The number of H-pyrrole nitrogens is 1. The lowest BCUT2D eigenvalue weighted by atomic mass is 10.1. The van der Waals surface area contributed by atoms with E-state index >= 15 is 0 Å². The molecule has 0 fully saturated rings. The summed E-state index contributed by atoms with van der Waals surface area (Å²) >= 11 is 6.14. The van der Waals surface area contributed by atoms with E-state index in [0.717, 1.165) is 11.3 Å². The number of halogens is 1. The lowest BCUT2D eigenvalue weighted by molar-refractivity contribution is 1.05. The molecule has 0 spiro atoms. The molecule has 0 aliphatic heterocycles. The molecule has 3 rings (SSSR count). The summed E-state index contributed by atoms with van der Waals surface area (Å²) in [7, 11) is 0. The normalized spacial score (nSPS) is 10.2. The molecule has 0 aromatic carbocycles. The van der Waals surface area contributed by atoms with E-state index in [1.54, 1.807) is 18.5 Å². The number of pyridine rings is 2. The lowest BCUT2D eigenvalue weighted by Crippen LogP contribution is -1.95. The number of nitrogens with one attached hydrogen (secondary N) is 2. The quantitative estimate of drug-likeness (QED) is 0.564. The highest BCUT2D eigenvalue weighted by molar-refractivity contribution is 6.33. The molecule has 0 unspecified atom stereocenters. The Bertz CT molecular complexity index is 850. The molecule has 7 heteroatoms. The summed E-state index contributed by atoms with van der Waals surface area (Å²) < 4.78 is 0. The van der Waals surface area contributed by atoms with Crippen LogP contribution in [0.3, 0.4) is 0 Å². The van der Waals surface area contributed by atoms with Crippen molar-refractivity contribution in [2.75, 3.05) is 5.32 Å². The molecule has 3 aromatic heterocycles. The first-order valence-corrected chi connectivity index (χ1v) is 6.82. The SMILES string of the molecule is [C-]#[N+]c1c(-c2cccnc2)cc(Nc2cc(C)[nH]n2)nc1Cl. The van der Waals surface area contributed by atoms with E-state index in [2.05, 4.69) is 30.3 Å². The Kier molecular flexibility index (Phi) is 3.73. The zero-order chi connectivity index (χ0) is 15.5. The fourth-order valence-corrected chi connectivity index (χ4v) is 2.27. The fourth-order valence-electron chi connectivity index (χ4n) is 2.03. The topological polar surface area (TPSA) is 70.8 Å². The molecular formula is C15H11ClN6. The average Bonchev–Trinajstić information content (AvgIpc) is 2.92.